The second-order valence-electron chi connectivity index (χ2n) is 3.80. The van der Waals surface area contributed by atoms with Gasteiger partial charge in [-0.15, -0.1) is 0 Å². The van der Waals surface area contributed by atoms with Gasteiger partial charge in [-0.3, -0.25) is 9.59 Å². The molecule has 1 aliphatic heterocycles. The third kappa shape index (κ3) is 2.59. The third-order valence-electron chi connectivity index (χ3n) is 2.53. The van der Waals surface area contributed by atoms with Crippen molar-refractivity contribution in [1.29, 1.82) is 0 Å². The number of carbonyl (C=O) groups is 2. The van der Waals surface area contributed by atoms with Gasteiger partial charge in [-0.1, -0.05) is 12.1 Å². The van der Waals surface area contributed by atoms with Gasteiger partial charge in [0.1, 0.15) is 18.6 Å². The molecule has 1 N–H and O–H groups in total. The Morgan fingerprint density at radius 1 is 1.50 bits per heavy atom. The second kappa shape index (κ2) is 4.79. The highest BCUT2D eigenvalue weighted by molar-refractivity contribution is 5.78. The molecule has 1 unspecified atom stereocenters. The Balaban J connectivity index is 1.89. The molecule has 0 spiro atoms. The van der Waals surface area contributed by atoms with E-state index in [0.29, 0.717) is 24.3 Å². The summed E-state index contributed by atoms with van der Waals surface area (Å²) in [5, 5.41) is 2.82. The first kappa shape index (κ1) is 10.7. The summed E-state index contributed by atoms with van der Waals surface area (Å²) in [5.74, 6) is 0.737. The molecular weight excluding hydrogens is 206 g/mol. The zero-order chi connectivity index (χ0) is 11.4. The Morgan fingerprint density at radius 3 is 3.06 bits per heavy atom. The van der Waals surface area contributed by atoms with Gasteiger partial charge in [0.15, 0.2) is 0 Å². The van der Waals surface area contributed by atoms with Gasteiger partial charge in [-0.25, -0.2) is 0 Å². The summed E-state index contributed by atoms with van der Waals surface area (Å²) in [5.41, 5.74) is 0.591. The average molecular weight is 219 g/mol. The van der Waals surface area contributed by atoms with Crippen LogP contribution in [0.3, 0.4) is 0 Å². The second-order valence-corrected chi connectivity index (χ2v) is 3.80. The number of hydrogen-bond donors (Lipinski definition) is 1. The number of amides is 1. The topological polar surface area (TPSA) is 55.4 Å². The first-order valence-electron chi connectivity index (χ1n) is 5.25. The molecule has 4 nitrogen and oxygen atoms in total. The summed E-state index contributed by atoms with van der Waals surface area (Å²) in [6, 6.07) is 7.06. The molecule has 0 aliphatic carbocycles. The van der Waals surface area contributed by atoms with E-state index in [0.717, 1.165) is 12.7 Å². The molecule has 0 saturated carbocycles. The summed E-state index contributed by atoms with van der Waals surface area (Å²) in [4.78, 5) is 21.5. The maximum absolute atomic E-state index is 11.0. The van der Waals surface area contributed by atoms with Crippen LogP contribution in [0.2, 0.25) is 0 Å². The predicted molar refractivity (Wildman–Crippen MR) is 58.5 cm³/mol. The van der Waals surface area contributed by atoms with Crippen molar-refractivity contribution in [3.8, 4) is 5.75 Å². The highest BCUT2D eigenvalue weighted by Crippen LogP contribution is 2.14. The molecule has 1 fully saturated rings. The number of aldehydes is 1. The molecule has 16 heavy (non-hydrogen) atoms. The highest BCUT2D eigenvalue weighted by Gasteiger charge is 2.20. The molecule has 1 heterocycles. The predicted octanol–water partition coefficient (Wildman–Crippen LogP) is 1.16. The van der Waals surface area contributed by atoms with E-state index in [1.807, 2.05) is 0 Å². The summed E-state index contributed by atoms with van der Waals surface area (Å²) in [6.45, 7) is 0.452. The zero-order valence-electron chi connectivity index (χ0n) is 8.81. The van der Waals surface area contributed by atoms with Crippen molar-refractivity contribution in [3.63, 3.8) is 0 Å². The monoisotopic (exact) mass is 219 g/mol. The highest BCUT2D eigenvalue weighted by atomic mass is 16.5. The van der Waals surface area contributed by atoms with Gasteiger partial charge in [-0.2, -0.15) is 0 Å². The number of carbonyl (C=O) groups excluding carboxylic acids is 2. The maximum Gasteiger partial charge on any atom is 0.220 e. The van der Waals surface area contributed by atoms with Gasteiger partial charge in [0.05, 0.1) is 6.04 Å². The minimum absolute atomic E-state index is 0.0789. The third-order valence-corrected chi connectivity index (χ3v) is 2.53. The van der Waals surface area contributed by atoms with Gasteiger partial charge < -0.3 is 10.1 Å². The zero-order valence-corrected chi connectivity index (χ0v) is 8.81. The van der Waals surface area contributed by atoms with Crippen LogP contribution in [0.15, 0.2) is 24.3 Å². The van der Waals surface area contributed by atoms with Crippen LogP contribution in [0.5, 0.6) is 5.75 Å². The summed E-state index contributed by atoms with van der Waals surface area (Å²) in [7, 11) is 0. The fourth-order valence-corrected chi connectivity index (χ4v) is 1.68. The molecule has 1 aromatic rings. The molecule has 4 heteroatoms. The smallest absolute Gasteiger partial charge is 0.220 e. The molecule has 1 atom stereocenters. The summed E-state index contributed by atoms with van der Waals surface area (Å²) in [6.07, 6.45) is 2.17. The van der Waals surface area contributed by atoms with Crippen LogP contribution in [0, 0.1) is 0 Å². The number of nitrogens with one attached hydrogen (secondary N) is 1. The molecule has 1 aromatic carbocycles. The Kier molecular flexibility index (Phi) is 3.19. The van der Waals surface area contributed by atoms with E-state index in [1.54, 1.807) is 24.3 Å². The Hall–Kier alpha value is -1.84. The van der Waals surface area contributed by atoms with Gasteiger partial charge in [-0.05, 0) is 18.6 Å². The van der Waals surface area contributed by atoms with E-state index in [9.17, 15) is 9.59 Å². The van der Waals surface area contributed by atoms with Gasteiger partial charge in [0, 0.05) is 12.0 Å². The SMILES string of the molecule is O=Cc1cccc(OCC2CCC(=O)N2)c1. The normalized spacial score (nSPS) is 19.2. The van der Waals surface area contributed by atoms with Crippen LogP contribution in [-0.4, -0.2) is 24.8 Å². The number of rotatable bonds is 4. The molecule has 1 saturated heterocycles. The van der Waals surface area contributed by atoms with E-state index < -0.39 is 0 Å². The molecule has 84 valence electrons. The molecule has 1 aliphatic rings. The van der Waals surface area contributed by atoms with Crippen molar-refractivity contribution >= 4 is 12.2 Å². The van der Waals surface area contributed by atoms with Crippen molar-refractivity contribution in [2.24, 2.45) is 0 Å². The first-order valence-corrected chi connectivity index (χ1v) is 5.25. The maximum atomic E-state index is 11.0. The average Bonchev–Trinajstić information content (AvgIpc) is 2.73. The fourth-order valence-electron chi connectivity index (χ4n) is 1.68. The Morgan fingerprint density at radius 2 is 2.38 bits per heavy atom. The van der Waals surface area contributed by atoms with Gasteiger partial charge in [0.25, 0.3) is 0 Å². The van der Waals surface area contributed by atoms with E-state index in [1.165, 1.54) is 0 Å². The van der Waals surface area contributed by atoms with Gasteiger partial charge in [0.2, 0.25) is 5.91 Å². The quantitative estimate of drug-likeness (QED) is 0.773. The number of hydrogen-bond acceptors (Lipinski definition) is 3. The fraction of sp³-hybridized carbons (Fsp3) is 0.333. The molecule has 0 radical (unpaired) electrons. The van der Waals surface area contributed by atoms with Crippen molar-refractivity contribution < 1.29 is 14.3 Å². The lowest BCUT2D eigenvalue weighted by Gasteiger charge is -2.11. The van der Waals surface area contributed by atoms with Crippen molar-refractivity contribution in [1.82, 2.24) is 5.32 Å². The summed E-state index contributed by atoms with van der Waals surface area (Å²) < 4.78 is 5.51. The molecule has 1 amide bonds. The lowest BCUT2D eigenvalue weighted by Crippen LogP contribution is -2.30. The number of benzene rings is 1. The number of ether oxygens (including phenoxy) is 1. The van der Waals surface area contributed by atoms with Crippen LogP contribution in [-0.2, 0) is 4.79 Å². The largest absolute Gasteiger partial charge is 0.491 e. The van der Waals surface area contributed by atoms with Crippen LogP contribution in [0.4, 0.5) is 0 Å². The standard InChI is InChI=1S/C12H13NO3/c14-7-9-2-1-3-11(6-9)16-8-10-4-5-12(15)13-10/h1-3,6-7,10H,4-5,8H2,(H,13,15). The van der Waals surface area contributed by atoms with E-state index >= 15 is 0 Å². The minimum Gasteiger partial charge on any atom is -0.491 e. The lowest BCUT2D eigenvalue weighted by atomic mass is 10.2. The molecule has 0 aromatic heterocycles. The van der Waals surface area contributed by atoms with E-state index in [-0.39, 0.29) is 11.9 Å². The van der Waals surface area contributed by atoms with Crippen molar-refractivity contribution in [3.05, 3.63) is 29.8 Å². The van der Waals surface area contributed by atoms with Crippen LogP contribution < -0.4 is 10.1 Å². The van der Waals surface area contributed by atoms with Gasteiger partial charge >= 0.3 is 0 Å². The first-order chi connectivity index (χ1) is 7.78. The molecular formula is C12H13NO3. The molecule has 2 rings (SSSR count). The van der Waals surface area contributed by atoms with Crippen LogP contribution in [0.1, 0.15) is 23.2 Å². The molecule has 0 bridgehead atoms. The summed E-state index contributed by atoms with van der Waals surface area (Å²) >= 11 is 0. The van der Waals surface area contributed by atoms with E-state index in [2.05, 4.69) is 5.32 Å². The van der Waals surface area contributed by atoms with E-state index in [4.69, 9.17) is 4.74 Å². The van der Waals surface area contributed by atoms with Crippen LogP contribution in [0.25, 0.3) is 0 Å². The van der Waals surface area contributed by atoms with Crippen LogP contribution >= 0.6 is 0 Å². The van der Waals surface area contributed by atoms with Crippen molar-refractivity contribution in [2.45, 2.75) is 18.9 Å². The Labute approximate surface area is 93.6 Å². The van der Waals surface area contributed by atoms with Crippen molar-refractivity contribution in [2.75, 3.05) is 6.61 Å². The minimum atomic E-state index is 0.0789. The lowest BCUT2D eigenvalue weighted by molar-refractivity contribution is -0.119. The Bertz CT molecular complexity index is 403.